The fraction of sp³-hybridized carbons (Fsp3) is 0.500. The Labute approximate surface area is 138 Å². The van der Waals surface area contributed by atoms with Gasteiger partial charge in [0.2, 0.25) is 5.91 Å². The summed E-state index contributed by atoms with van der Waals surface area (Å²) in [4.78, 5) is 13.6. The lowest BCUT2D eigenvalue weighted by Crippen LogP contribution is -2.51. The monoisotopic (exact) mass is 354 g/mol. The van der Waals surface area contributed by atoms with Crippen LogP contribution in [0.25, 0.3) is 0 Å². The Bertz CT molecular complexity index is 522. The van der Waals surface area contributed by atoms with Gasteiger partial charge in [0, 0.05) is 20.1 Å². The van der Waals surface area contributed by atoms with Crippen molar-refractivity contribution in [2.45, 2.75) is 18.9 Å². The second-order valence-corrected chi connectivity index (χ2v) is 4.97. The molecule has 1 aromatic carbocycles. The van der Waals surface area contributed by atoms with E-state index in [9.17, 15) is 18.0 Å². The van der Waals surface area contributed by atoms with E-state index in [0.717, 1.165) is 0 Å². The molecule has 5 nitrogen and oxygen atoms in total. The lowest BCUT2D eigenvalue weighted by Gasteiger charge is -2.27. The van der Waals surface area contributed by atoms with Gasteiger partial charge >= 0.3 is 6.36 Å². The van der Waals surface area contributed by atoms with Crippen LogP contribution in [-0.4, -0.2) is 50.0 Å². The van der Waals surface area contributed by atoms with E-state index >= 15 is 0 Å². The Morgan fingerprint density at radius 1 is 1.48 bits per heavy atom. The lowest BCUT2D eigenvalue weighted by molar-refractivity contribution is -0.274. The van der Waals surface area contributed by atoms with Crippen molar-refractivity contribution in [3.8, 4) is 5.75 Å². The highest BCUT2D eigenvalue weighted by molar-refractivity contribution is 5.85. The van der Waals surface area contributed by atoms with E-state index in [2.05, 4.69) is 10.1 Å². The lowest BCUT2D eigenvalue weighted by atomic mass is 10.2. The fourth-order valence-corrected chi connectivity index (χ4v) is 2.18. The molecule has 1 saturated heterocycles. The van der Waals surface area contributed by atoms with Crippen LogP contribution in [0.2, 0.25) is 0 Å². The van der Waals surface area contributed by atoms with Crippen LogP contribution in [0, 0.1) is 0 Å². The minimum Gasteiger partial charge on any atom is -0.406 e. The van der Waals surface area contributed by atoms with E-state index in [4.69, 9.17) is 4.74 Å². The van der Waals surface area contributed by atoms with Crippen molar-refractivity contribution in [3.05, 3.63) is 29.8 Å². The van der Waals surface area contributed by atoms with Gasteiger partial charge in [-0.1, -0.05) is 12.1 Å². The SMILES string of the molecule is CN(Cc1cccc(OC(F)(F)F)c1)C(=O)C1COCCN1.Cl. The first-order valence-corrected chi connectivity index (χ1v) is 6.76. The number of carbonyl (C=O) groups excluding carboxylic acids is 1. The van der Waals surface area contributed by atoms with Gasteiger partial charge in [-0.15, -0.1) is 25.6 Å². The van der Waals surface area contributed by atoms with Gasteiger partial charge in [0.25, 0.3) is 0 Å². The van der Waals surface area contributed by atoms with E-state index in [1.807, 2.05) is 0 Å². The number of alkyl halides is 3. The predicted octanol–water partition coefficient (Wildman–Crippen LogP) is 1.95. The maximum Gasteiger partial charge on any atom is 0.573 e. The highest BCUT2D eigenvalue weighted by atomic mass is 35.5. The molecule has 1 N–H and O–H groups in total. The number of amides is 1. The molecule has 0 aliphatic carbocycles. The molecular weight excluding hydrogens is 337 g/mol. The van der Waals surface area contributed by atoms with Crippen molar-refractivity contribution >= 4 is 18.3 Å². The first-order chi connectivity index (χ1) is 10.3. The van der Waals surface area contributed by atoms with Crippen molar-refractivity contribution < 1.29 is 27.4 Å². The predicted molar refractivity (Wildman–Crippen MR) is 79.5 cm³/mol. The molecule has 1 amide bonds. The normalized spacial score (nSPS) is 18.0. The number of benzene rings is 1. The van der Waals surface area contributed by atoms with Gasteiger partial charge < -0.3 is 19.7 Å². The summed E-state index contributed by atoms with van der Waals surface area (Å²) >= 11 is 0. The molecule has 9 heteroatoms. The minimum absolute atomic E-state index is 0. The number of hydrogen-bond acceptors (Lipinski definition) is 4. The zero-order valence-corrected chi connectivity index (χ0v) is 13.2. The molecule has 0 spiro atoms. The zero-order chi connectivity index (χ0) is 16.2. The van der Waals surface area contributed by atoms with Crippen LogP contribution in [0.5, 0.6) is 5.75 Å². The first-order valence-electron chi connectivity index (χ1n) is 6.76. The van der Waals surface area contributed by atoms with E-state index < -0.39 is 12.4 Å². The summed E-state index contributed by atoms with van der Waals surface area (Å²) in [5.74, 6) is -0.466. The molecule has 130 valence electrons. The molecule has 23 heavy (non-hydrogen) atoms. The van der Waals surface area contributed by atoms with Crippen molar-refractivity contribution in [1.82, 2.24) is 10.2 Å². The van der Waals surface area contributed by atoms with Crippen molar-refractivity contribution in [2.75, 3.05) is 26.8 Å². The number of hydrogen-bond donors (Lipinski definition) is 1. The van der Waals surface area contributed by atoms with Gasteiger partial charge in [0.15, 0.2) is 0 Å². The maximum atomic E-state index is 12.2. The standard InChI is InChI=1S/C14H17F3N2O3.ClH/c1-19(13(20)12-9-21-6-5-18-12)8-10-3-2-4-11(7-10)22-14(15,16)17;/h2-4,7,12,18H,5-6,8-9H2,1H3;1H. The molecule has 1 unspecified atom stereocenters. The van der Waals surface area contributed by atoms with Gasteiger partial charge in [-0.25, -0.2) is 0 Å². The molecule has 2 rings (SSSR count). The Balaban J connectivity index is 0.00000264. The molecule has 0 radical (unpaired) electrons. The van der Waals surface area contributed by atoms with Gasteiger partial charge in [-0.3, -0.25) is 4.79 Å². The van der Waals surface area contributed by atoms with E-state index in [1.54, 1.807) is 13.1 Å². The molecule has 1 aromatic rings. The molecule has 0 saturated carbocycles. The average molecular weight is 355 g/mol. The second-order valence-electron chi connectivity index (χ2n) is 4.97. The Kier molecular flexibility index (Phi) is 7.11. The highest BCUT2D eigenvalue weighted by Crippen LogP contribution is 2.23. The molecule has 1 fully saturated rings. The number of likely N-dealkylation sites (N-methyl/N-ethyl adjacent to an activating group) is 1. The van der Waals surface area contributed by atoms with Crippen molar-refractivity contribution in [2.24, 2.45) is 0 Å². The van der Waals surface area contributed by atoms with Crippen molar-refractivity contribution in [3.63, 3.8) is 0 Å². The number of morpholine rings is 1. The molecule has 1 atom stereocenters. The van der Waals surface area contributed by atoms with E-state index in [-0.39, 0.29) is 30.6 Å². The van der Waals surface area contributed by atoms with Crippen LogP contribution >= 0.6 is 12.4 Å². The van der Waals surface area contributed by atoms with Gasteiger partial charge in [0.05, 0.1) is 13.2 Å². The summed E-state index contributed by atoms with van der Waals surface area (Å²) in [6.45, 7) is 1.63. The second kappa shape index (κ2) is 8.37. The Morgan fingerprint density at radius 2 is 2.22 bits per heavy atom. The quantitative estimate of drug-likeness (QED) is 0.898. The zero-order valence-electron chi connectivity index (χ0n) is 12.4. The van der Waals surface area contributed by atoms with E-state index in [0.29, 0.717) is 25.3 Å². The maximum absolute atomic E-state index is 12.2. The Hall–Kier alpha value is -1.51. The number of ether oxygens (including phenoxy) is 2. The minimum atomic E-state index is -4.73. The van der Waals surface area contributed by atoms with Crippen molar-refractivity contribution in [1.29, 1.82) is 0 Å². The largest absolute Gasteiger partial charge is 0.573 e. The highest BCUT2D eigenvalue weighted by Gasteiger charge is 2.31. The molecule has 0 aromatic heterocycles. The van der Waals surface area contributed by atoms with Gasteiger partial charge in [-0.05, 0) is 17.7 Å². The summed E-state index contributed by atoms with van der Waals surface area (Å²) in [6.07, 6.45) is -4.73. The number of nitrogens with zero attached hydrogens (tertiary/aromatic N) is 1. The summed E-state index contributed by atoms with van der Waals surface area (Å²) < 4.78 is 45.7. The number of carbonyl (C=O) groups is 1. The molecule has 1 aliphatic heterocycles. The number of nitrogens with one attached hydrogen (secondary N) is 1. The van der Waals surface area contributed by atoms with Crippen LogP contribution < -0.4 is 10.1 Å². The third kappa shape index (κ3) is 6.25. The van der Waals surface area contributed by atoms with Crippen LogP contribution in [0.3, 0.4) is 0 Å². The summed E-state index contributed by atoms with van der Waals surface area (Å²) in [5.41, 5.74) is 0.550. The summed E-state index contributed by atoms with van der Waals surface area (Å²) in [6, 6.07) is 5.15. The molecule has 1 aliphatic rings. The number of rotatable bonds is 4. The van der Waals surface area contributed by atoms with Crippen LogP contribution in [0.1, 0.15) is 5.56 Å². The average Bonchev–Trinajstić information content (AvgIpc) is 2.46. The van der Waals surface area contributed by atoms with Crippen LogP contribution in [-0.2, 0) is 16.1 Å². The molecule has 1 heterocycles. The van der Waals surface area contributed by atoms with Crippen LogP contribution in [0.15, 0.2) is 24.3 Å². The van der Waals surface area contributed by atoms with E-state index in [1.165, 1.54) is 23.1 Å². The fourth-order valence-electron chi connectivity index (χ4n) is 2.18. The Morgan fingerprint density at radius 3 is 2.83 bits per heavy atom. The molecular formula is C14H18ClF3N2O3. The first kappa shape index (κ1) is 19.5. The smallest absolute Gasteiger partial charge is 0.406 e. The van der Waals surface area contributed by atoms with Gasteiger partial charge in [-0.2, -0.15) is 0 Å². The third-order valence-corrected chi connectivity index (χ3v) is 3.15. The third-order valence-electron chi connectivity index (χ3n) is 3.15. The number of halogens is 4. The van der Waals surface area contributed by atoms with Crippen LogP contribution in [0.4, 0.5) is 13.2 Å². The topological polar surface area (TPSA) is 50.8 Å². The summed E-state index contributed by atoms with van der Waals surface area (Å²) in [5, 5.41) is 3.04. The summed E-state index contributed by atoms with van der Waals surface area (Å²) in [7, 11) is 1.59. The molecule has 0 bridgehead atoms. The van der Waals surface area contributed by atoms with Gasteiger partial charge in [0.1, 0.15) is 11.8 Å².